The topological polar surface area (TPSA) is 18.5 Å². The normalized spacial score (nSPS) is 16.9. The summed E-state index contributed by atoms with van der Waals surface area (Å²) in [4.78, 5) is 5.18. The number of hydrogen-bond donors (Lipinski definition) is 1. The van der Waals surface area contributed by atoms with Crippen LogP contribution >= 0.6 is 0 Å². The molecule has 0 aromatic heterocycles. The van der Waals surface area contributed by atoms with E-state index in [-0.39, 0.29) is 0 Å². The Kier molecular flexibility index (Phi) is 5.23. The summed E-state index contributed by atoms with van der Waals surface area (Å²) in [7, 11) is 0. The minimum absolute atomic E-state index is 1.03. The lowest BCUT2D eigenvalue weighted by molar-refractivity contribution is 0.250. The first-order valence-electron chi connectivity index (χ1n) is 10.8. The smallest absolute Gasteiger partial charge is 0.0420 e. The van der Waals surface area contributed by atoms with Crippen LogP contribution < -0.4 is 10.2 Å². The molecular formula is C26H29N3. The Morgan fingerprint density at radius 1 is 0.759 bits per heavy atom. The molecule has 0 aliphatic carbocycles. The van der Waals surface area contributed by atoms with Gasteiger partial charge in [0.25, 0.3) is 0 Å². The average Bonchev–Trinajstić information content (AvgIpc) is 2.80. The van der Waals surface area contributed by atoms with Crippen LogP contribution in [0.4, 0.5) is 11.4 Å². The van der Waals surface area contributed by atoms with Gasteiger partial charge in [0.2, 0.25) is 0 Å². The molecule has 1 saturated heterocycles. The van der Waals surface area contributed by atoms with Gasteiger partial charge in [0.1, 0.15) is 0 Å². The van der Waals surface area contributed by atoms with Crippen molar-refractivity contribution < 1.29 is 0 Å². The van der Waals surface area contributed by atoms with Crippen molar-refractivity contribution in [2.75, 3.05) is 42.9 Å². The summed E-state index contributed by atoms with van der Waals surface area (Å²) in [5.41, 5.74) is 8.31. The van der Waals surface area contributed by atoms with Gasteiger partial charge in [-0.05, 0) is 53.3 Å². The van der Waals surface area contributed by atoms with E-state index in [1.54, 1.807) is 0 Å². The van der Waals surface area contributed by atoms with Gasteiger partial charge in [-0.2, -0.15) is 0 Å². The van der Waals surface area contributed by atoms with Crippen molar-refractivity contribution in [2.24, 2.45) is 0 Å². The molecule has 0 spiro atoms. The molecule has 2 aliphatic rings. The second kappa shape index (κ2) is 8.30. The Bertz CT molecular complexity index is 959. The second-order valence-corrected chi connectivity index (χ2v) is 8.16. The maximum atomic E-state index is 3.57. The van der Waals surface area contributed by atoms with Gasteiger partial charge in [0.05, 0.1) is 0 Å². The molecule has 5 rings (SSSR count). The van der Waals surface area contributed by atoms with E-state index in [9.17, 15) is 0 Å². The van der Waals surface area contributed by atoms with Crippen molar-refractivity contribution in [2.45, 2.75) is 19.4 Å². The van der Waals surface area contributed by atoms with E-state index >= 15 is 0 Å². The molecule has 0 saturated carbocycles. The van der Waals surface area contributed by atoms with E-state index in [2.05, 4.69) is 87.9 Å². The highest BCUT2D eigenvalue weighted by atomic mass is 15.3. The number of nitrogens with one attached hydrogen (secondary N) is 1. The number of anilines is 2. The first kappa shape index (κ1) is 18.3. The van der Waals surface area contributed by atoms with Crippen molar-refractivity contribution >= 4 is 11.4 Å². The van der Waals surface area contributed by atoms with Crippen LogP contribution in [0.25, 0.3) is 11.1 Å². The van der Waals surface area contributed by atoms with Gasteiger partial charge < -0.3 is 10.2 Å². The molecule has 0 unspecified atom stereocenters. The van der Waals surface area contributed by atoms with Gasteiger partial charge in [-0.15, -0.1) is 0 Å². The molecule has 0 amide bonds. The largest absolute Gasteiger partial charge is 0.385 e. The average molecular weight is 384 g/mol. The van der Waals surface area contributed by atoms with Crippen molar-refractivity contribution in [3.63, 3.8) is 0 Å². The van der Waals surface area contributed by atoms with Crippen LogP contribution in [0.1, 0.15) is 17.5 Å². The number of piperazine rings is 1. The van der Waals surface area contributed by atoms with Gasteiger partial charge in [-0.3, -0.25) is 4.90 Å². The van der Waals surface area contributed by atoms with Crippen LogP contribution in [0, 0.1) is 0 Å². The predicted octanol–water partition coefficient (Wildman–Crippen LogP) is 5.03. The van der Waals surface area contributed by atoms with Crippen LogP contribution in [0.15, 0.2) is 72.8 Å². The van der Waals surface area contributed by atoms with Crippen molar-refractivity contribution in [3.8, 4) is 11.1 Å². The van der Waals surface area contributed by atoms with Gasteiger partial charge >= 0.3 is 0 Å². The van der Waals surface area contributed by atoms with Gasteiger partial charge in [0, 0.05) is 50.6 Å². The molecule has 3 nitrogen and oxygen atoms in total. The molecule has 2 heterocycles. The monoisotopic (exact) mass is 383 g/mol. The van der Waals surface area contributed by atoms with Crippen LogP contribution in [-0.2, 0) is 13.0 Å². The maximum absolute atomic E-state index is 3.57. The summed E-state index contributed by atoms with van der Waals surface area (Å²) >= 11 is 0. The minimum atomic E-state index is 1.03. The summed E-state index contributed by atoms with van der Waals surface area (Å²) in [5, 5.41) is 3.57. The highest BCUT2D eigenvalue weighted by molar-refractivity contribution is 5.68. The molecule has 29 heavy (non-hydrogen) atoms. The van der Waals surface area contributed by atoms with E-state index in [1.807, 2.05) is 0 Å². The summed E-state index contributed by atoms with van der Waals surface area (Å²) in [6.07, 6.45) is 2.44. The summed E-state index contributed by atoms with van der Waals surface area (Å²) < 4.78 is 0. The quantitative estimate of drug-likeness (QED) is 0.681. The fourth-order valence-electron chi connectivity index (χ4n) is 4.67. The van der Waals surface area contributed by atoms with Crippen LogP contribution in [0.2, 0.25) is 0 Å². The molecule has 0 bridgehead atoms. The Balaban J connectivity index is 1.24. The van der Waals surface area contributed by atoms with Crippen molar-refractivity contribution in [3.05, 3.63) is 83.9 Å². The summed E-state index contributed by atoms with van der Waals surface area (Å²) in [6, 6.07) is 26.4. The van der Waals surface area contributed by atoms with Crippen molar-refractivity contribution in [1.82, 2.24) is 4.90 Å². The third-order valence-electron chi connectivity index (χ3n) is 6.22. The zero-order valence-electron chi connectivity index (χ0n) is 17.0. The molecule has 3 heteroatoms. The number of nitrogens with zero attached hydrogens (tertiary/aromatic N) is 2. The number of fused-ring (bicyclic) bond motifs is 1. The zero-order chi connectivity index (χ0) is 19.5. The standard InChI is InChI=1S/C26H29N3/c1-2-8-22(9-3-1)23-10-4-7-21(19-23)20-28-15-17-29(18-16-28)26-13-5-12-25-24(26)11-6-14-27-25/h1-5,7-10,12-13,19,27H,6,11,14-18,20H2. The Morgan fingerprint density at radius 2 is 1.55 bits per heavy atom. The Labute approximate surface area is 174 Å². The summed E-state index contributed by atoms with van der Waals surface area (Å²) in [6.45, 7) is 6.58. The third kappa shape index (κ3) is 4.01. The first-order valence-corrected chi connectivity index (χ1v) is 10.8. The lowest BCUT2D eigenvalue weighted by Crippen LogP contribution is -2.46. The van der Waals surface area contributed by atoms with E-state index in [0.717, 1.165) is 39.3 Å². The lowest BCUT2D eigenvalue weighted by Gasteiger charge is -2.38. The highest BCUT2D eigenvalue weighted by Gasteiger charge is 2.21. The summed E-state index contributed by atoms with van der Waals surface area (Å²) in [5.74, 6) is 0. The van der Waals surface area contributed by atoms with Gasteiger partial charge in [-0.25, -0.2) is 0 Å². The molecule has 3 aromatic carbocycles. The first-order chi connectivity index (χ1) is 14.4. The second-order valence-electron chi connectivity index (χ2n) is 8.16. The van der Waals surface area contributed by atoms with Crippen molar-refractivity contribution in [1.29, 1.82) is 0 Å². The number of hydrogen-bond acceptors (Lipinski definition) is 3. The third-order valence-corrected chi connectivity index (χ3v) is 6.22. The maximum Gasteiger partial charge on any atom is 0.0420 e. The molecule has 2 aliphatic heterocycles. The molecule has 3 aromatic rings. The molecule has 148 valence electrons. The van der Waals surface area contributed by atoms with Gasteiger partial charge in [-0.1, -0.05) is 54.6 Å². The number of benzene rings is 3. The van der Waals surface area contributed by atoms with Crippen LogP contribution in [0.5, 0.6) is 0 Å². The minimum Gasteiger partial charge on any atom is -0.385 e. The predicted molar refractivity (Wildman–Crippen MR) is 123 cm³/mol. The van der Waals surface area contributed by atoms with E-state index in [1.165, 1.54) is 46.5 Å². The lowest BCUT2D eigenvalue weighted by atomic mass is 10.00. The van der Waals surface area contributed by atoms with E-state index < -0.39 is 0 Å². The highest BCUT2D eigenvalue weighted by Crippen LogP contribution is 2.32. The van der Waals surface area contributed by atoms with Crippen LogP contribution in [0.3, 0.4) is 0 Å². The SMILES string of the molecule is c1ccc(-c2cccc(CN3CCN(c4cccc5c4CCCN5)CC3)c2)cc1. The molecule has 0 atom stereocenters. The van der Waals surface area contributed by atoms with Crippen LogP contribution in [-0.4, -0.2) is 37.6 Å². The fourth-order valence-corrected chi connectivity index (χ4v) is 4.67. The Morgan fingerprint density at radius 3 is 2.41 bits per heavy atom. The van der Waals surface area contributed by atoms with E-state index in [4.69, 9.17) is 0 Å². The molecule has 1 fully saturated rings. The molecular weight excluding hydrogens is 354 g/mol. The molecule has 0 radical (unpaired) electrons. The fraction of sp³-hybridized carbons (Fsp3) is 0.308. The Hall–Kier alpha value is -2.78. The number of rotatable bonds is 4. The zero-order valence-corrected chi connectivity index (χ0v) is 17.0. The van der Waals surface area contributed by atoms with Gasteiger partial charge in [0.15, 0.2) is 0 Å². The molecule has 1 N–H and O–H groups in total. The van der Waals surface area contributed by atoms with E-state index in [0.29, 0.717) is 0 Å².